The summed E-state index contributed by atoms with van der Waals surface area (Å²) in [5.41, 5.74) is 0.566. The van der Waals surface area contributed by atoms with E-state index in [-0.39, 0.29) is 17.2 Å². The van der Waals surface area contributed by atoms with Crippen LogP contribution in [-0.2, 0) is 11.3 Å². The Balaban J connectivity index is 1.97. The van der Waals surface area contributed by atoms with Crippen LogP contribution in [0.15, 0.2) is 41.4 Å². The minimum absolute atomic E-state index is 0.0259. The van der Waals surface area contributed by atoms with Crippen LogP contribution < -0.4 is 4.80 Å². The summed E-state index contributed by atoms with van der Waals surface area (Å²) in [6.45, 7) is 0.144. The summed E-state index contributed by atoms with van der Waals surface area (Å²) in [7, 11) is 0. The number of nitro benzene ring substituents is 1. The molecule has 9 nitrogen and oxygen atoms in total. The van der Waals surface area contributed by atoms with Gasteiger partial charge in [0.25, 0.3) is 11.6 Å². The number of thiophene rings is 1. The molecule has 0 atom stereocenters. The van der Waals surface area contributed by atoms with E-state index in [1.54, 1.807) is 10.6 Å². The maximum Gasteiger partial charge on any atom is 0.324 e. The summed E-state index contributed by atoms with van der Waals surface area (Å²) in [5, 5.41) is 21.6. The highest BCUT2D eigenvalue weighted by molar-refractivity contribution is 7.16. The fraction of sp³-hybridized carbons (Fsp3) is 0.0588. The minimum atomic E-state index is -0.581. The van der Waals surface area contributed by atoms with Gasteiger partial charge in [-0.3, -0.25) is 25.0 Å². The minimum Gasteiger partial charge on any atom is -0.305 e. The Labute approximate surface area is 165 Å². The molecule has 0 aliphatic heterocycles. The van der Waals surface area contributed by atoms with Gasteiger partial charge >= 0.3 is 5.00 Å². The summed E-state index contributed by atoms with van der Waals surface area (Å²) in [4.78, 5) is 37.7. The zero-order valence-electron chi connectivity index (χ0n) is 14.0. The zero-order valence-corrected chi connectivity index (χ0v) is 15.6. The second-order valence-corrected chi connectivity index (χ2v) is 7.40. The molecule has 0 aliphatic carbocycles. The summed E-state index contributed by atoms with van der Waals surface area (Å²) < 4.78 is 2.19. The Hall–Kier alpha value is -3.62. The van der Waals surface area contributed by atoms with Crippen LogP contribution in [0, 0.1) is 32.6 Å². The van der Waals surface area contributed by atoms with Crippen molar-refractivity contribution < 1.29 is 14.6 Å². The van der Waals surface area contributed by atoms with Crippen LogP contribution in [0.4, 0.5) is 10.7 Å². The first-order valence-electron chi connectivity index (χ1n) is 7.61. The molecule has 0 N–H and O–H groups in total. The predicted molar refractivity (Wildman–Crippen MR) is 106 cm³/mol. The molecule has 0 radical (unpaired) electrons. The predicted octanol–water partition coefficient (Wildman–Crippen LogP) is 3.35. The molecular weight excluding hydrogens is 404 g/mol. The van der Waals surface area contributed by atoms with E-state index in [1.807, 2.05) is 0 Å². The number of benzene rings is 1. The second-order valence-electron chi connectivity index (χ2n) is 5.30. The van der Waals surface area contributed by atoms with Crippen molar-refractivity contribution in [3.8, 4) is 12.3 Å². The van der Waals surface area contributed by atoms with E-state index in [0.717, 1.165) is 22.7 Å². The third kappa shape index (κ3) is 4.03. The maximum atomic E-state index is 12.2. The third-order valence-electron chi connectivity index (χ3n) is 3.52. The Bertz CT molecular complexity index is 1240. The Kier molecular flexibility index (Phi) is 5.44. The van der Waals surface area contributed by atoms with E-state index in [0.29, 0.717) is 19.9 Å². The smallest absolute Gasteiger partial charge is 0.305 e. The van der Waals surface area contributed by atoms with Crippen molar-refractivity contribution >= 4 is 55.6 Å². The van der Waals surface area contributed by atoms with Crippen molar-refractivity contribution in [2.75, 3.05) is 0 Å². The molecule has 1 aromatic carbocycles. The summed E-state index contributed by atoms with van der Waals surface area (Å²) in [5.74, 6) is 1.89. The van der Waals surface area contributed by atoms with Crippen LogP contribution in [0.2, 0.25) is 0 Å². The molecular formula is C17H10N4O5S2. The number of thiazole rings is 1. The summed E-state index contributed by atoms with van der Waals surface area (Å²) in [6.07, 6.45) is 8.02. The molecule has 2 aromatic heterocycles. The lowest BCUT2D eigenvalue weighted by Gasteiger charge is -1.98. The van der Waals surface area contributed by atoms with Crippen LogP contribution in [-0.4, -0.2) is 20.3 Å². The quantitative estimate of drug-likeness (QED) is 0.274. The van der Waals surface area contributed by atoms with Crippen molar-refractivity contribution in [2.24, 2.45) is 4.99 Å². The summed E-state index contributed by atoms with van der Waals surface area (Å²) in [6, 6.07) is 7.20. The molecule has 11 heteroatoms. The van der Waals surface area contributed by atoms with E-state index in [2.05, 4.69) is 10.9 Å². The lowest BCUT2D eigenvalue weighted by atomic mass is 10.3. The normalized spacial score (nSPS) is 11.8. The highest BCUT2D eigenvalue weighted by Gasteiger charge is 2.12. The number of nitro groups is 2. The first kappa shape index (κ1) is 19.2. The molecule has 0 aliphatic rings. The number of aromatic nitrogens is 1. The van der Waals surface area contributed by atoms with Gasteiger partial charge in [0.2, 0.25) is 0 Å². The monoisotopic (exact) mass is 414 g/mol. The average Bonchev–Trinajstić information content (AvgIpc) is 3.25. The van der Waals surface area contributed by atoms with Gasteiger partial charge in [0.15, 0.2) is 4.80 Å². The van der Waals surface area contributed by atoms with E-state index in [1.165, 1.54) is 36.4 Å². The molecule has 0 bridgehead atoms. The van der Waals surface area contributed by atoms with Crippen LogP contribution >= 0.6 is 22.7 Å². The van der Waals surface area contributed by atoms with Crippen LogP contribution in [0.3, 0.4) is 0 Å². The number of rotatable bonds is 5. The highest BCUT2D eigenvalue weighted by Crippen LogP contribution is 2.25. The molecule has 2 heterocycles. The Morgan fingerprint density at radius 3 is 2.64 bits per heavy atom. The molecule has 28 heavy (non-hydrogen) atoms. The maximum absolute atomic E-state index is 12.2. The zero-order chi connectivity index (χ0) is 20.3. The van der Waals surface area contributed by atoms with Gasteiger partial charge < -0.3 is 4.57 Å². The number of amides is 1. The molecule has 0 saturated carbocycles. The van der Waals surface area contributed by atoms with Crippen LogP contribution in [0.5, 0.6) is 0 Å². The molecule has 3 aromatic rings. The number of non-ortho nitro benzene ring substituents is 1. The molecule has 0 spiro atoms. The van der Waals surface area contributed by atoms with Crippen molar-refractivity contribution in [1.82, 2.24) is 4.57 Å². The second kappa shape index (κ2) is 7.95. The topological polar surface area (TPSA) is 121 Å². The van der Waals surface area contributed by atoms with Gasteiger partial charge in [-0.25, -0.2) is 0 Å². The van der Waals surface area contributed by atoms with Gasteiger partial charge in [0.1, 0.15) is 0 Å². The number of fused-ring (bicyclic) bond motifs is 1. The molecule has 1 amide bonds. The summed E-state index contributed by atoms with van der Waals surface area (Å²) >= 11 is 2.04. The fourth-order valence-corrected chi connectivity index (χ4v) is 4.11. The number of terminal acetylenes is 1. The van der Waals surface area contributed by atoms with Gasteiger partial charge in [0, 0.05) is 29.2 Å². The SMILES string of the molecule is C#CCn1c(=NC(=O)C=Cc2ccc([N+](=O)[O-])s2)sc2cc([N+](=O)[O-])ccc21. The van der Waals surface area contributed by atoms with Gasteiger partial charge in [-0.1, -0.05) is 28.6 Å². The highest BCUT2D eigenvalue weighted by atomic mass is 32.1. The van der Waals surface area contributed by atoms with Gasteiger partial charge in [-0.2, -0.15) is 4.99 Å². The van der Waals surface area contributed by atoms with Crippen LogP contribution in [0.1, 0.15) is 4.88 Å². The molecule has 0 unspecified atom stereocenters. The van der Waals surface area contributed by atoms with Gasteiger partial charge in [-0.05, 0) is 18.2 Å². The Morgan fingerprint density at radius 2 is 2.00 bits per heavy atom. The fourth-order valence-electron chi connectivity index (χ4n) is 2.32. The number of carbonyl (C=O) groups excluding carboxylic acids is 1. The number of hydrogen-bond donors (Lipinski definition) is 0. The van der Waals surface area contributed by atoms with Gasteiger partial charge in [0.05, 0.1) is 26.6 Å². The van der Waals surface area contributed by atoms with E-state index >= 15 is 0 Å². The molecule has 140 valence electrons. The number of nitrogens with zero attached hydrogens (tertiary/aromatic N) is 4. The number of carbonyl (C=O) groups is 1. The van der Waals surface area contributed by atoms with Crippen molar-refractivity contribution in [3.63, 3.8) is 0 Å². The lowest BCUT2D eigenvalue weighted by Crippen LogP contribution is -2.15. The van der Waals surface area contributed by atoms with Crippen LogP contribution in [0.25, 0.3) is 16.3 Å². The van der Waals surface area contributed by atoms with E-state index in [4.69, 9.17) is 6.42 Å². The lowest BCUT2D eigenvalue weighted by molar-refractivity contribution is -0.384. The average molecular weight is 414 g/mol. The van der Waals surface area contributed by atoms with E-state index in [9.17, 15) is 25.0 Å². The van der Waals surface area contributed by atoms with Gasteiger partial charge in [-0.15, -0.1) is 6.42 Å². The first-order chi connectivity index (χ1) is 13.4. The molecule has 3 rings (SSSR count). The van der Waals surface area contributed by atoms with Crippen molar-refractivity contribution in [2.45, 2.75) is 6.54 Å². The third-order valence-corrected chi connectivity index (χ3v) is 5.56. The molecule has 0 saturated heterocycles. The van der Waals surface area contributed by atoms with Crippen molar-refractivity contribution in [1.29, 1.82) is 0 Å². The standard InChI is InChI=1S/C17H10N4O5S2/c1-2-9-19-13-6-3-11(20(23)24)10-14(13)28-17(19)18-15(22)7-4-12-5-8-16(27-12)21(25)26/h1,3-8,10H,9H2. The van der Waals surface area contributed by atoms with E-state index < -0.39 is 15.8 Å². The Morgan fingerprint density at radius 1 is 1.21 bits per heavy atom. The molecule has 0 fully saturated rings. The largest absolute Gasteiger partial charge is 0.324 e. The van der Waals surface area contributed by atoms with Crippen molar-refractivity contribution in [3.05, 3.63) is 66.3 Å². The number of hydrogen-bond acceptors (Lipinski definition) is 7. The first-order valence-corrected chi connectivity index (χ1v) is 9.24.